The third-order valence-electron chi connectivity index (χ3n) is 5.62. The lowest BCUT2D eigenvalue weighted by Crippen LogP contribution is -2.68. The number of piperazine rings is 1. The third-order valence-corrected chi connectivity index (χ3v) is 5.62. The van der Waals surface area contributed by atoms with E-state index in [1.807, 2.05) is 36.2 Å². The molecule has 0 aliphatic carbocycles. The second-order valence-electron chi connectivity index (χ2n) is 7.38. The molecule has 1 atom stereocenters. The Balaban J connectivity index is 1.36. The Morgan fingerprint density at radius 2 is 2.00 bits per heavy atom. The number of nitrogen functional groups attached to an aromatic ring is 1. The van der Waals surface area contributed by atoms with E-state index in [-0.39, 0.29) is 18.0 Å². The molecule has 0 saturated carbocycles. The summed E-state index contributed by atoms with van der Waals surface area (Å²) in [6.07, 6.45) is 1.76. The van der Waals surface area contributed by atoms with Crippen molar-refractivity contribution in [3.63, 3.8) is 0 Å². The molecule has 11 heteroatoms. The van der Waals surface area contributed by atoms with Crippen LogP contribution < -0.4 is 25.8 Å². The first kappa shape index (κ1) is 18.4. The standard InChI is InChI=1S/C19H23N9O2/c1-25-16-15(10-21-25)17(24-18(20)23-16)26-7-8-27-13(11-26)9-22-28(19(27)29)12-3-5-14(30-2)6-4-12/h3-6,10,13,22H,7-9,11H2,1-2H3,(H2,20,23,24)/t13-/m1/s1. The topological polar surface area (TPSA) is 118 Å². The van der Waals surface area contributed by atoms with Gasteiger partial charge in [0.1, 0.15) is 11.6 Å². The van der Waals surface area contributed by atoms with Crippen LogP contribution in [0.4, 0.5) is 22.2 Å². The van der Waals surface area contributed by atoms with E-state index in [1.54, 1.807) is 23.0 Å². The first-order chi connectivity index (χ1) is 14.5. The number of carbonyl (C=O) groups is 1. The number of anilines is 3. The van der Waals surface area contributed by atoms with Gasteiger partial charge in [0.25, 0.3) is 0 Å². The Kier molecular flexibility index (Phi) is 4.31. The smallest absolute Gasteiger partial charge is 0.339 e. The monoisotopic (exact) mass is 409 g/mol. The molecule has 3 aromatic rings. The minimum atomic E-state index is -0.0650. The van der Waals surface area contributed by atoms with Crippen LogP contribution in [0.15, 0.2) is 30.5 Å². The summed E-state index contributed by atoms with van der Waals surface area (Å²) in [7, 11) is 3.45. The number of urea groups is 1. The fourth-order valence-electron chi connectivity index (χ4n) is 4.06. The molecule has 4 heterocycles. The number of fused-ring (bicyclic) bond motifs is 2. The van der Waals surface area contributed by atoms with Crippen molar-refractivity contribution in [2.75, 3.05) is 48.9 Å². The molecule has 2 fully saturated rings. The molecule has 0 radical (unpaired) electrons. The maximum absolute atomic E-state index is 13.1. The largest absolute Gasteiger partial charge is 0.497 e. The number of aryl methyl sites for hydroxylation is 1. The Morgan fingerprint density at radius 3 is 2.77 bits per heavy atom. The highest BCUT2D eigenvalue weighted by Gasteiger charge is 2.38. The van der Waals surface area contributed by atoms with Crippen molar-refractivity contribution in [2.24, 2.45) is 7.05 Å². The molecule has 5 rings (SSSR count). The number of nitrogens with zero attached hydrogens (tertiary/aromatic N) is 7. The quantitative estimate of drug-likeness (QED) is 0.645. The lowest BCUT2D eigenvalue weighted by atomic mass is 10.1. The second kappa shape index (κ2) is 7.02. The summed E-state index contributed by atoms with van der Waals surface area (Å²) in [5.41, 5.74) is 10.7. The number of benzene rings is 1. The molecular weight excluding hydrogens is 386 g/mol. The number of nitrogens with two attached hydrogens (primary N) is 1. The number of aromatic nitrogens is 4. The van der Waals surface area contributed by atoms with Crippen LogP contribution in [0.3, 0.4) is 0 Å². The van der Waals surface area contributed by atoms with Crippen LogP contribution >= 0.6 is 0 Å². The number of methoxy groups -OCH3 is 1. The first-order valence-corrected chi connectivity index (χ1v) is 9.73. The van der Waals surface area contributed by atoms with Gasteiger partial charge in [-0.3, -0.25) is 4.68 Å². The Hall–Kier alpha value is -3.60. The zero-order valence-electron chi connectivity index (χ0n) is 16.8. The molecule has 11 nitrogen and oxygen atoms in total. The molecule has 2 aliphatic heterocycles. The number of carbonyl (C=O) groups excluding carboxylic acids is 1. The summed E-state index contributed by atoms with van der Waals surface area (Å²) in [6.45, 7) is 2.52. The van der Waals surface area contributed by atoms with E-state index in [4.69, 9.17) is 10.5 Å². The number of hydrogen-bond donors (Lipinski definition) is 2. The normalized spacial score (nSPS) is 19.3. The zero-order valence-corrected chi connectivity index (χ0v) is 16.8. The van der Waals surface area contributed by atoms with Crippen molar-refractivity contribution >= 4 is 34.5 Å². The van der Waals surface area contributed by atoms with Gasteiger partial charge in [0.2, 0.25) is 5.95 Å². The Bertz CT molecular complexity index is 1100. The van der Waals surface area contributed by atoms with Crippen molar-refractivity contribution in [1.82, 2.24) is 30.1 Å². The molecule has 0 spiro atoms. The van der Waals surface area contributed by atoms with Crippen LogP contribution in [0, 0.1) is 0 Å². The molecule has 2 amide bonds. The maximum atomic E-state index is 13.1. The van der Waals surface area contributed by atoms with Crippen molar-refractivity contribution in [3.05, 3.63) is 30.5 Å². The van der Waals surface area contributed by atoms with E-state index in [0.29, 0.717) is 31.8 Å². The van der Waals surface area contributed by atoms with Crippen LogP contribution in [0.1, 0.15) is 0 Å². The van der Waals surface area contributed by atoms with E-state index in [9.17, 15) is 4.79 Å². The molecule has 2 aromatic heterocycles. The number of ether oxygens (including phenoxy) is 1. The summed E-state index contributed by atoms with van der Waals surface area (Å²) in [6, 6.07) is 7.36. The molecule has 156 valence electrons. The van der Waals surface area contributed by atoms with Gasteiger partial charge >= 0.3 is 6.03 Å². The van der Waals surface area contributed by atoms with Crippen molar-refractivity contribution < 1.29 is 9.53 Å². The summed E-state index contributed by atoms with van der Waals surface area (Å²) < 4.78 is 6.88. The Morgan fingerprint density at radius 1 is 1.20 bits per heavy atom. The van der Waals surface area contributed by atoms with Crippen LogP contribution in [0.5, 0.6) is 5.75 Å². The maximum Gasteiger partial charge on any atom is 0.339 e. The summed E-state index contributed by atoms with van der Waals surface area (Å²) in [5.74, 6) is 1.72. The van der Waals surface area contributed by atoms with Gasteiger partial charge in [0.05, 0.1) is 30.4 Å². The number of amides is 2. The summed E-state index contributed by atoms with van der Waals surface area (Å²) >= 11 is 0. The molecule has 3 N–H and O–H groups in total. The van der Waals surface area contributed by atoms with Gasteiger partial charge in [0.15, 0.2) is 5.65 Å². The van der Waals surface area contributed by atoms with E-state index >= 15 is 0 Å². The van der Waals surface area contributed by atoms with E-state index in [2.05, 4.69) is 25.4 Å². The third kappa shape index (κ3) is 2.94. The molecule has 0 unspecified atom stereocenters. The van der Waals surface area contributed by atoms with Crippen LogP contribution in [-0.2, 0) is 7.05 Å². The molecule has 2 aliphatic rings. The lowest BCUT2D eigenvalue weighted by molar-refractivity contribution is 0.151. The summed E-state index contributed by atoms with van der Waals surface area (Å²) in [5, 5.41) is 6.73. The van der Waals surface area contributed by atoms with Crippen LogP contribution in [0.2, 0.25) is 0 Å². The van der Waals surface area contributed by atoms with E-state index in [1.165, 1.54) is 0 Å². The lowest BCUT2D eigenvalue weighted by Gasteiger charge is -2.47. The van der Waals surface area contributed by atoms with E-state index < -0.39 is 0 Å². The number of rotatable bonds is 3. The molecular formula is C19H23N9O2. The molecule has 0 bridgehead atoms. The van der Waals surface area contributed by atoms with Crippen molar-refractivity contribution in [2.45, 2.75) is 6.04 Å². The average molecular weight is 409 g/mol. The number of nitrogens with one attached hydrogen (secondary N) is 1. The van der Waals surface area contributed by atoms with Crippen molar-refractivity contribution in [1.29, 1.82) is 0 Å². The number of hydrazine groups is 1. The minimum Gasteiger partial charge on any atom is -0.497 e. The van der Waals surface area contributed by atoms with Crippen LogP contribution in [0.25, 0.3) is 11.0 Å². The van der Waals surface area contributed by atoms with Gasteiger partial charge in [-0.1, -0.05) is 0 Å². The van der Waals surface area contributed by atoms with Gasteiger partial charge in [-0.2, -0.15) is 15.1 Å². The fraction of sp³-hybridized carbons (Fsp3) is 0.368. The van der Waals surface area contributed by atoms with Gasteiger partial charge < -0.3 is 20.3 Å². The van der Waals surface area contributed by atoms with Crippen molar-refractivity contribution in [3.8, 4) is 5.75 Å². The Labute approximate surface area is 173 Å². The average Bonchev–Trinajstić information content (AvgIpc) is 3.14. The highest BCUT2D eigenvalue weighted by Crippen LogP contribution is 2.28. The molecule has 2 saturated heterocycles. The predicted molar refractivity (Wildman–Crippen MR) is 112 cm³/mol. The van der Waals surface area contributed by atoms with Gasteiger partial charge in [-0.15, -0.1) is 0 Å². The minimum absolute atomic E-state index is 0.0173. The molecule has 30 heavy (non-hydrogen) atoms. The van der Waals surface area contributed by atoms with Crippen LogP contribution in [-0.4, -0.2) is 70.0 Å². The first-order valence-electron chi connectivity index (χ1n) is 9.73. The second-order valence-corrected chi connectivity index (χ2v) is 7.38. The summed E-state index contributed by atoms with van der Waals surface area (Å²) in [4.78, 5) is 25.9. The fourth-order valence-corrected chi connectivity index (χ4v) is 4.06. The molecule has 1 aromatic carbocycles. The zero-order chi connectivity index (χ0) is 20.8. The highest BCUT2D eigenvalue weighted by atomic mass is 16.5. The van der Waals surface area contributed by atoms with Gasteiger partial charge in [0, 0.05) is 33.2 Å². The van der Waals surface area contributed by atoms with E-state index in [0.717, 1.165) is 22.6 Å². The van der Waals surface area contributed by atoms with Gasteiger partial charge in [-0.05, 0) is 24.3 Å². The number of hydrogen-bond acceptors (Lipinski definition) is 8. The van der Waals surface area contributed by atoms with Gasteiger partial charge in [-0.25, -0.2) is 15.2 Å². The highest BCUT2D eigenvalue weighted by molar-refractivity contribution is 5.93. The SMILES string of the molecule is COc1ccc(N2NC[C@@H]3CN(c4nc(N)nc5c4cnn5C)CCN3C2=O)cc1. The predicted octanol–water partition coefficient (Wildman–Crippen LogP) is 0.590.